The summed E-state index contributed by atoms with van der Waals surface area (Å²) < 4.78 is 3.82. The molecule has 2 aliphatic rings. The van der Waals surface area contributed by atoms with Crippen molar-refractivity contribution in [3.63, 3.8) is 0 Å². The van der Waals surface area contributed by atoms with Crippen molar-refractivity contribution in [2.24, 2.45) is 11.8 Å². The predicted octanol–water partition coefficient (Wildman–Crippen LogP) is -0.396. The van der Waals surface area contributed by atoms with Crippen molar-refractivity contribution in [2.45, 2.75) is 54.6 Å². The third kappa shape index (κ3) is 4.00. The van der Waals surface area contributed by atoms with Crippen molar-refractivity contribution in [2.75, 3.05) is 0 Å². The normalized spacial score (nSPS) is 23.4. The van der Waals surface area contributed by atoms with E-state index in [1.807, 2.05) is 6.56 Å². The summed E-state index contributed by atoms with van der Waals surface area (Å²) in [5.41, 5.74) is 6.18. The SMILES string of the molecule is CC1=C[C@@H](C)[C]([Zr+2]([C]2=C(C)C(C)=C[C@@H]2C)=[Si](C)C)=C1C.[Cl-].[Cl-]. The quantitative estimate of drug-likeness (QED) is 0.519. The van der Waals surface area contributed by atoms with Gasteiger partial charge in [0.1, 0.15) is 0 Å². The average Bonchev–Trinajstić information content (AvgIpc) is 2.72. The molecule has 0 heterocycles. The molecule has 0 N–H and O–H groups in total. The molecule has 0 radical (unpaired) electrons. The minimum Gasteiger partial charge on any atom is -1.00 e. The molecule has 4 heteroatoms. The Balaban J connectivity index is 0.00000220. The van der Waals surface area contributed by atoms with Gasteiger partial charge in [-0.05, 0) is 0 Å². The monoisotopic (exact) mass is 432 g/mol. The summed E-state index contributed by atoms with van der Waals surface area (Å²) in [7, 11) is 0. The van der Waals surface area contributed by atoms with Gasteiger partial charge in [-0.2, -0.15) is 0 Å². The molecule has 0 aromatic heterocycles. The number of allylic oxidation sites excluding steroid dienone is 8. The number of hydrogen-bond acceptors (Lipinski definition) is 0. The maximum Gasteiger partial charge on any atom is -1.00 e. The summed E-state index contributed by atoms with van der Waals surface area (Å²) in [6.45, 7) is 19.4. The van der Waals surface area contributed by atoms with E-state index in [2.05, 4.69) is 66.8 Å². The van der Waals surface area contributed by atoms with Gasteiger partial charge in [0.2, 0.25) is 0 Å². The molecule has 0 unspecified atom stereocenters. The Morgan fingerprint density at radius 2 is 1.09 bits per heavy atom. The van der Waals surface area contributed by atoms with E-state index >= 15 is 0 Å². The van der Waals surface area contributed by atoms with Gasteiger partial charge in [-0.25, -0.2) is 0 Å². The van der Waals surface area contributed by atoms with Crippen LogP contribution in [0.4, 0.5) is 0 Å². The van der Waals surface area contributed by atoms with Gasteiger partial charge in [-0.3, -0.25) is 0 Å². The van der Waals surface area contributed by atoms with E-state index in [1.54, 1.807) is 22.3 Å². The molecule has 0 saturated heterocycles. The Hall–Kier alpha value is 0.640. The van der Waals surface area contributed by atoms with E-state index < -0.39 is 20.4 Å². The fourth-order valence-corrected chi connectivity index (χ4v) is 23.9. The Kier molecular flexibility index (Phi) is 8.90. The third-order valence-electron chi connectivity index (χ3n) is 4.94. The molecule has 2 atom stereocenters. The van der Waals surface area contributed by atoms with Crippen LogP contribution in [0, 0.1) is 11.8 Å². The van der Waals surface area contributed by atoms with Crippen LogP contribution in [0.25, 0.3) is 0 Å². The predicted molar refractivity (Wildman–Crippen MR) is 88.7 cm³/mol. The summed E-state index contributed by atoms with van der Waals surface area (Å²) in [4.78, 5) is 0. The van der Waals surface area contributed by atoms with E-state index in [-0.39, 0.29) is 30.2 Å². The smallest absolute Gasteiger partial charge is 1.00 e. The molecule has 2 rings (SSSR count). The van der Waals surface area contributed by atoms with Gasteiger partial charge in [0, 0.05) is 0 Å². The van der Waals surface area contributed by atoms with Gasteiger partial charge in [0.05, 0.1) is 0 Å². The van der Waals surface area contributed by atoms with Crippen LogP contribution in [0.3, 0.4) is 0 Å². The summed E-state index contributed by atoms with van der Waals surface area (Å²) in [6, 6.07) is 0. The minimum absolute atomic E-state index is 0. The van der Waals surface area contributed by atoms with Crippen LogP contribution in [0.1, 0.15) is 41.5 Å². The maximum absolute atomic E-state index is 2.57. The number of halogens is 2. The zero-order chi connectivity index (χ0) is 15.2. The fraction of sp³-hybridized carbons (Fsp3) is 0.556. The Bertz CT molecular complexity index is 569. The molecule has 0 aromatic carbocycles. The first-order chi connectivity index (χ1) is 9.25. The van der Waals surface area contributed by atoms with E-state index in [1.165, 1.54) is 0 Å². The van der Waals surface area contributed by atoms with Crippen LogP contribution in [-0.2, 0) is 20.4 Å². The Morgan fingerprint density at radius 3 is 1.27 bits per heavy atom. The third-order valence-corrected chi connectivity index (χ3v) is 23.2. The molecule has 0 aliphatic heterocycles. The first-order valence-electron chi connectivity index (χ1n) is 7.73. The second-order valence-corrected chi connectivity index (χ2v) is 23.6. The molecule has 0 amide bonds. The molecule has 0 bridgehead atoms. The summed E-state index contributed by atoms with van der Waals surface area (Å²) in [5.74, 6) is 1.41. The second kappa shape index (κ2) is 8.65. The molecule has 2 aliphatic carbocycles. The van der Waals surface area contributed by atoms with E-state index in [0.717, 1.165) is 0 Å². The standard InChI is InChI=1S/2C8H11.C2H6Si.2ClH.Zr/c2*1-6-4-7(2)8(3)5-6;1-3-2;;;/h2*4,6H,1-3H3;1-2H3;2*1H;/q;;;;;+2/p-2/t2*6-;;;;/m10..../s1. The summed E-state index contributed by atoms with van der Waals surface area (Å²) in [5, 5.41) is 0. The zero-order valence-electron chi connectivity index (χ0n) is 15.1. The van der Waals surface area contributed by atoms with Crippen LogP contribution in [0.5, 0.6) is 0 Å². The maximum atomic E-state index is 2.57. The van der Waals surface area contributed by atoms with E-state index in [4.69, 9.17) is 0 Å². The van der Waals surface area contributed by atoms with Crippen LogP contribution in [0.15, 0.2) is 41.0 Å². The van der Waals surface area contributed by atoms with Gasteiger partial charge in [0.25, 0.3) is 0 Å². The number of hydrogen-bond donors (Lipinski definition) is 0. The molecule has 122 valence electrons. The van der Waals surface area contributed by atoms with Crippen LogP contribution in [-0.4, -0.2) is 5.43 Å². The summed E-state index contributed by atoms with van der Waals surface area (Å²) in [6.07, 6.45) is 5.01. The van der Waals surface area contributed by atoms with Gasteiger partial charge in [0.15, 0.2) is 0 Å². The zero-order valence-corrected chi connectivity index (χ0v) is 20.0. The topological polar surface area (TPSA) is 0 Å². The average molecular weight is 435 g/mol. The van der Waals surface area contributed by atoms with Crippen molar-refractivity contribution in [1.29, 1.82) is 0 Å². The first-order valence-corrected chi connectivity index (χ1v) is 16.4. The van der Waals surface area contributed by atoms with Gasteiger partial charge >= 0.3 is 133 Å². The molecule has 22 heavy (non-hydrogen) atoms. The molecular weight excluding hydrogens is 406 g/mol. The molecule has 0 saturated carbocycles. The van der Waals surface area contributed by atoms with Crippen molar-refractivity contribution >= 4 is 5.43 Å². The van der Waals surface area contributed by atoms with Gasteiger partial charge < -0.3 is 24.8 Å². The second-order valence-electron chi connectivity index (χ2n) is 6.73. The first kappa shape index (κ1) is 22.6. The van der Waals surface area contributed by atoms with Crippen LogP contribution >= 0.6 is 0 Å². The van der Waals surface area contributed by atoms with E-state index in [9.17, 15) is 0 Å². The van der Waals surface area contributed by atoms with Crippen molar-refractivity contribution < 1.29 is 45.2 Å². The van der Waals surface area contributed by atoms with Crippen LogP contribution in [0.2, 0.25) is 13.1 Å². The molecular formula is C18H28Cl2SiZr. The molecule has 0 fully saturated rings. The van der Waals surface area contributed by atoms with Crippen molar-refractivity contribution in [1.82, 2.24) is 0 Å². The van der Waals surface area contributed by atoms with Gasteiger partial charge in [-0.1, -0.05) is 0 Å². The number of rotatable bonds is 2. The van der Waals surface area contributed by atoms with Crippen molar-refractivity contribution in [3.05, 3.63) is 41.0 Å². The van der Waals surface area contributed by atoms with Crippen molar-refractivity contribution in [3.8, 4) is 0 Å². The fourth-order valence-electron chi connectivity index (χ4n) is 3.79. The molecule has 0 nitrogen and oxygen atoms in total. The Labute approximate surface area is 157 Å². The Morgan fingerprint density at radius 1 is 0.773 bits per heavy atom. The van der Waals surface area contributed by atoms with Crippen LogP contribution < -0.4 is 24.8 Å². The minimum atomic E-state index is -1.66. The van der Waals surface area contributed by atoms with Gasteiger partial charge in [-0.15, -0.1) is 0 Å². The largest absolute Gasteiger partial charge is 1.00 e. The molecule has 0 spiro atoms. The van der Waals surface area contributed by atoms with E-state index in [0.29, 0.717) is 11.8 Å². The molecule has 0 aromatic rings. The summed E-state index contributed by atoms with van der Waals surface area (Å²) >= 11 is -1.66.